The largest absolute Gasteiger partial charge is 0.481 e. The molecule has 15 heavy (non-hydrogen) atoms. The normalized spacial score (nSPS) is 28.1. The second-order valence-corrected chi connectivity index (χ2v) is 5.69. The van der Waals surface area contributed by atoms with E-state index in [1.807, 2.05) is 18.7 Å². The van der Waals surface area contributed by atoms with Crippen LogP contribution in [0.15, 0.2) is 0 Å². The number of carboxylic acid groups (broad SMARTS) is 1. The summed E-state index contributed by atoms with van der Waals surface area (Å²) in [5, 5.41) is 8.99. The van der Waals surface area contributed by atoms with Gasteiger partial charge >= 0.3 is 5.97 Å². The minimum absolute atomic E-state index is 0.142. The molecule has 1 heterocycles. The van der Waals surface area contributed by atoms with Crippen molar-refractivity contribution in [3.8, 4) is 0 Å². The lowest BCUT2D eigenvalue weighted by molar-refractivity contribution is -0.143. The van der Waals surface area contributed by atoms with Gasteiger partial charge in [-0.2, -0.15) is 11.8 Å². The first-order valence-corrected chi connectivity index (χ1v) is 6.72. The van der Waals surface area contributed by atoms with Gasteiger partial charge < -0.3 is 5.11 Å². The van der Waals surface area contributed by atoms with Crippen LogP contribution >= 0.6 is 11.8 Å². The summed E-state index contributed by atoms with van der Waals surface area (Å²) < 4.78 is 0. The highest BCUT2D eigenvalue weighted by Gasteiger charge is 2.27. The van der Waals surface area contributed by atoms with Gasteiger partial charge in [0.1, 0.15) is 0 Å². The lowest BCUT2D eigenvalue weighted by atomic mass is 10.0. The molecule has 3 unspecified atom stereocenters. The summed E-state index contributed by atoms with van der Waals surface area (Å²) in [6, 6.07) is 0.142. The average molecular weight is 231 g/mol. The van der Waals surface area contributed by atoms with Crippen LogP contribution in [0.3, 0.4) is 0 Å². The predicted octanol–water partition coefficient (Wildman–Crippen LogP) is 1.78. The smallest absolute Gasteiger partial charge is 0.307 e. The molecular weight excluding hydrogens is 210 g/mol. The highest BCUT2D eigenvalue weighted by molar-refractivity contribution is 7.99. The standard InChI is InChI=1S/C11H21NO2S/c1-8-6-12(4-5-15-7-8)10(3)9(2)11(13)14/h8-10H,4-7H2,1-3H3,(H,13,14). The van der Waals surface area contributed by atoms with E-state index in [2.05, 4.69) is 11.8 Å². The highest BCUT2D eigenvalue weighted by atomic mass is 32.2. The molecule has 1 N–H and O–H groups in total. The second-order valence-electron chi connectivity index (χ2n) is 4.54. The Morgan fingerprint density at radius 2 is 2.20 bits per heavy atom. The third-order valence-electron chi connectivity index (χ3n) is 3.16. The Hall–Kier alpha value is -0.220. The summed E-state index contributed by atoms with van der Waals surface area (Å²) in [4.78, 5) is 13.2. The van der Waals surface area contributed by atoms with E-state index in [9.17, 15) is 4.79 Å². The topological polar surface area (TPSA) is 40.5 Å². The van der Waals surface area contributed by atoms with Crippen LogP contribution in [0.1, 0.15) is 20.8 Å². The molecule has 1 aliphatic rings. The van der Waals surface area contributed by atoms with Gasteiger partial charge in [-0.05, 0) is 18.6 Å². The van der Waals surface area contributed by atoms with E-state index in [1.54, 1.807) is 6.92 Å². The van der Waals surface area contributed by atoms with Gasteiger partial charge in [-0.3, -0.25) is 9.69 Å². The zero-order chi connectivity index (χ0) is 11.4. The number of hydrogen-bond acceptors (Lipinski definition) is 3. The number of nitrogens with zero attached hydrogens (tertiary/aromatic N) is 1. The first-order valence-electron chi connectivity index (χ1n) is 5.57. The predicted molar refractivity (Wildman–Crippen MR) is 64.3 cm³/mol. The molecule has 1 saturated heterocycles. The van der Waals surface area contributed by atoms with Gasteiger partial charge in [-0.15, -0.1) is 0 Å². The van der Waals surface area contributed by atoms with Crippen LogP contribution in [0.2, 0.25) is 0 Å². The van der Waals surface area contributed by atoms with Crippen molar-refractivity contribution >= 4 is 17.7 Å². The molecule has 3 nitrogen and oxygen atoms in total. The van der Waals surface area contributed by atoms with E-state index in [0.29, 0.717) is 5.92 Å². The molecular formula is C11H21NO2S. The van der Waals surface area contributed by atoms with Crippen molar-refractivity contribution in [1.29, 1.82) is 0 Å². The minimum atomic E-state index is -0.688. The zero-order valence-corrected chi connectivity index (χ0v) is 10.6. The summed E-state index contributed by atoms with van der Waals surface area (Å²) in [6.45, 7) is 8.13. The summed E-state index contributed by atoms with van der Waals surface area (Å²) in [7, 11) is 0. The maximum atomic E-state index is 10.9. The molecule has 1 rings (SSSR count). The number of carboxylic acids is 1. The third-order valence-corrected chi connectivity index (χ3v) is 4.44. The minimum Gasteiger partial charge on any atom is -0.481 e. The fourth-order valence-electron chi connectivity index (χ4n) is 1.90. The van der Waals surface area contributed by atoms with Crippen molar-refractivity contribution in [2.24, 2.45) is 11.8 Å². The van der Waals surface area contributed by atoms with Crippen molar-refractivity contribution in [2.75, 3.05) is 24.6 Å². The molecule has 0 aromatic heterocycles. The van der Waals surface area contributed by atoms with Crippen LogP contribution in [0.4, 0.5) is 0 Å². The van der Waals surface area contributed by atoms with Gasteiger partial charge in [0.2, 0.25) is 0 Å². The number of carbonyl (C=O) groups is 1. The SMILES string of the molecule is CC1CSCCN(C(C)C(C)C(=O)O)C1. The quantitative estimate of drug-likeness (QED) is 0.804. The van der Waals surface area contributed by atoms with Crippen LogP contribution in [-0.2, 0) is 4.79 Å². The van der Waals surface area contributed by atoms with Gasteiger partial charge in [0.15, 0.2) is 0 Å². The van der Waals surface area contributed by atoms with Crippen LogP contribution in [0.25, 0.3) is 0 Å². The lowest BCUT2D eigenvalue weighted by Crippen LogP contribution is -2.43. The Morgan fingerprint density at radius 3 is 2.80 bits per heavy atom. The lowest BCUT2D eigenvalue weighted by Gasteiger charge is -2.31. The highest BCUT2D eigenvalue weighted by Crippen LogP contribution is 2.20. The average Bonchev–Trinajstić information content (AvgIpc) is 2.40. The summed E-state index contributed by atoms with van der Waals surface area (Å²) >= 11 is 1.98. The second kappa shape index (κ2) is 5.75. The van der Waals surface area contributed by atoms with Crippen LogP contribution in [0, 0.1) is 11.8 Å². The Bertz CT molecular complexity index is 223. The van der Waals surface area contributed by atoms with Gasteiger partial charge in [-0.1, -0.05) is 13.8 Å². The maximum absolute atomic E-state index is 10.9. The molecule has 0 saturated carbocycles. The van der Waals surface area contributed by atoms with Gasteiger partial charge in [0.25, 0.3) is 0 Å². The van der Waals surface area contributed by atoms with E-state index >= 15 is 0 Å². The van der Waals surface area contributed by atoms with Crippen LogP contribution in [0.5, 0.6) is 0 Å². The van der Waals surface area contributed by atoms with Crippen molar-refractivity contribution in [2.45, 2.75) is 26.8 Å². The van der Waals surface area contributed by atoms with Crippen molar-refractivity contribution in [3.05, 3.63) is 0 Å². The molecule has 0 aliphatic carbocycles. The molecule has 0 bridgehead atoms. The molecule has 0 spiro atoms. The third kappa shape index (κ3) is 3.68. The molecule has 1 fully saturated rings. The van der Waals surface area contributed by atoms with Gasteiger partial charge in [-0.25, -0.2) is 0 Å². The first-order chi connectivity index (χ1) is 7.02. The monoisotopic (exact) mass is 231 g/mol. The fraction of sp³-hybridized carbons (Fsp3) is 0.909. The Balaban J connectivity index is 2.56. The Kier molecular flexibility index (Phi) is 4.93. The number of rotatable bonds is 3. The van der Waals surface area contributed by atoms with E-state index in [-0.39, 0.29) is 12.0 Å². The number of hydrogen-bond donors (Lipinski definition) is 1. The van der Waals surface area contributed by atoms with Crippen LogP contribution < -0.4 is 0 Å². The Labute approximate surface area is 96.2 Å². The van der Waals surface area contributed by atoms with Crippen LogP contribution in [-0.4, -0.2) is 46.6 Å². The zero-order valence-electron chi connectivity index (χ0n) is 9.77. The van der Waals surface area contributed by atoms with Gasteiger partial charge in [0.05, 0.1) is 5.92 Å². The molecule has 88 valence electrons. The maximum Gasteiger partial charge on any atom is 0.307 e. The van der Waals surface area contributed by atoms with Gasteiger partial charge in [0, 0.05) is 24.9 Å². The van der Waals surface area contributed by atoms with Crippen molar-refractivity contribution < 1.29 is 9.90 Å². The Morgan fingerprint density at radius 1 is 1.53 bits per heavy atom. The molecule has 0 aromatic carbocycles. The molecule has 4 heteroatoms. The summed E-state index contributed by atoms with van der Waals surface area (Å²) in [5.41, 5.74) is 0. The van der Waals surface area contributed by atoms with E-state index < -0.39 is 5.97 Å². The molecule has 0 radical (unpaired) electrons. The summed E-state index contributed by atoms with van der Waals surface area (Å²) in [6.07, 6.45) is 0. The molecule has 1 aliphatic heterocycles. The van der Waals surface area contributed by atoms with Crippen molar-refractivity contribution in [1.82, 2.24) is 4.90 Å². The van der Waals surface area contributed by atoms with Crippen molar-refractivity contribution in [3.63, 3.8) is 0 Å². The number of aliphatic carboxylic acids is 1. The van der Waals surface area contributed by atoms with E-state index in [1.165, 1.54) is 5.75 Å². The molecule has 3 atom stereocenters. The molecule has 0 amide bonds. The summed E-state index contributed by atoms with van der Waals surface area (Å²) in [5.74, 6) is 2.03. The molecule has 0 aromatic rings. The first kappa shape index (κ1) is 12.8. The van der Waals surface area contributed by atoms with E-state index in [4.69, 9.17) is 5.11 Å². The number of thioether (sulfide) groups is 1. The fourth-order valence-corrected chi connectivity index (χ4v) is 2.94. The van der Waals surface area contributed by atoms with E-state index in [0.717, 1.165) is 18.8 Å².